The zero-order valence-electron chi connectivity index (χ0n) is 10.9. The van der Waals surface area contributed by atoms with Crippen LogP contribution < -0.4 is 5.32 Å². The summed E-state index contributed by atoms with van der Waals surface area (Å²) in [4.78, 5) is 0. The highest BCUT2D eigenvalue weighted by Crippen LogP contribution is 2.13. The summed E-state index contributed by atoms with van der Waals surface area (Å²) < 4.78 is 1.88. The normalized spacial score (nSPS) is 10.3. The summed E-state index contributed by atoms with van der Waals surface area (Å²) in [5.74, 6) is 0. The van der Waals surface area contributed by atoms with E-state index in [1.807, 2.05) is 29.1 Å². The van der Waals surface area contributed by atoms with Crippen LogP contribution in [0.2, 0.25) is 0 Å². The van der Waals surface area contributed by atoms with Crippen LogP contribution in [0, 0.1) is 11.3 Å². The van der Waals surface area contributed by atoms with Gasteiger partial charge in [0.2, 0.25) is 0 Å². The first-order valence-electron chi connectivity index (χ1n) is 6.57. The molecule has 19 heavy (non-hydrogen) atoms. The van der Waals surface area contributed by atoms with E-state index in [0.717, 1.165) is 31.6 Å². The van der Waals surface area contributed by atoms with Crippen molar-refractivity contribution in [1.82, 2.24) is 15.1 Å². The van der Waals surface area contributed by atoms with Crippen LogP contribution in [0.3, 0.4) is 0 Å². The van der Waals surface area contributed by atoms with E-state index in [0.29, 0.717) is 6.42 Å². The minimum atomic E-state index is 0.644. The van der Waals surface area contributed by atoms with Crippen LogP contribution in [-0.4, -0.2) is 16.3 Å². The third-order valence-electron chi connectivity index (χ3n) is 2.95. The molecule has 0 spiro atoms. The number of nitrogens with one attached hydrogen (secondary N) is 1. The first kappa shape index (κ1) is 13.3. The predicted octanol–water partition coefficient (Wildman–Crippen LogP) is 2.66. The van der Waals surface area contributed by atoms with Crippen molar-refractivity contribution in [1.29, 1.82) is 5.26 Å². The minimum absolute atomic E-state index is 0.644. The predicted molar refractivity (Wildman–Crippen MR) is 74.7 cm³/mol. The lowest BCUT2D eigenvalue weighted by Gasteiger charge is -2.10. The number of rotatable bonds is 7. The van der Waals surface area contributed by atoms with Crippen molar-refractivity contribution in [3.8, 4) is 11.8 Å². The molecule has 0 fully saturated rings. The number of nitrogens with zero attached hydrogens (tertiary/aromatic N) is 3. The Morgan fingerprint density at radius 3 is 2.89 bits per heavy atom. The topological polar surface area (TPSA) is 53.6 Å². The van der Waals surface area contributed by atoms with Crippen molar-refractivity contribution in [2.24, 2.45) is 0 Å². The summed E-state index contributed by atoms with van der Waals surface area (Å²) in [6, 6.07) is 12.3. The zero-order valence-corrected chi connectivity index (χ0v) is 10.9. The summed E-state index contributed by atoms with van der Waals surface area (Å²) in [5.41, 5.74) is 2.34. The fraction of sp³-hybridized carbons (Fsp3) is 0.333. The SMILES string of the molecule is N#CCCCCNCc1ccccc1-n1cccn1. The third-order valence-corrected chi connectivity index (χ3v) is 2.95. The molecule has 0 atom stereocenters. The second kappa shape index (κ2) is 7.34. The summed E-state index contributed by atoms with van der Waals surface area (Å²) in [7, 11) is 0. The Hall–Kier alpha value is -2.12. The van der Waals surface area contributed by atoms with Crippen molar-refractivity contribution in [2.45, 2.75) is 25.8 Å². The van der Waals surface area contributed by atoms with Crippen LogP contribution in [0.4, 0.5) is 0 Å². The monoisotopic (exact) mass is 254 g/mol. The van der Waals surface area contributed by atoms with Gasteiger partial charge < -0.3 is 5.32 Å². The molecule has 4 heteroatoms. The highest BCUT2D eigenvalue weighted by molar-refractivity contribution is 5.40. The van der Waals surface area contributed by atoms with E-state index in [4.69, 9.17) is 5.26 Å². The molecule has 0 bridgehead atoms. The van der Waals surface area contributed by atoms with Gasteiger partial charge in [0.15, 0.2) is 0 Å². The molecule has 98 valence electrons. The maximum absolute atomic E-state index is 8.46. The van der Waals surface area contributed by atoms with E-state index >= 15 is 0 Å². The van der Waals surface area contributed by atoms with Gasteiger partial charge >= 0.3 is 0 Å². The van der Waals surface area contributed by atoms with E-state index in [1.165, 1.54) is 5.56 Å². The van der Waals surface area contributed by atoms with Gasteiger partial charge in [-0.3, -0.25) is 0 Å². The molecule has 0 amide bonds. The summed E-state index contributed by atoms with van der Waals surface area (Å²) in [6.45, 7) is 1.76. The average molecular weight is 254 g/mol. The summed E-state index contributed by atoms with van der Waals surface area (Å²) in [6.07, 6.45) is 6.38. The maximum Gasteiger partial charge on any atom is 0.0690 e. The highest BCUT2D eigenvalue weighted by atomic mass is 15.3. The largest absolute Gasteiger partial charge is 0.313 e. The van der Waals surface area contributed by atoms with Gasteiger partial charge in [0.1, 0.15) is 0 Å². The van der Waals surface area contributed by atoms with Gasteiger partial charge in [-0.05, 0) is 37.1 Å². The first-order valence-corrected chi connectivity index (χ1v) is 6.57. The standard InChI is InChI=1S/C15H18N4/c16-9-4-1-5-10-17-13-14-7-2-3-8-15(14)19-12-6-11-18-19/h2-3,6-8,11-12,17H,1,4-5,10,13H2. The molecule has 0 unspecified atom stereocenters. The molecule has 4 nitrogen and oxygen atoms in total. The number of unbranched alkanes of at least 4 members (excludes halogenated alkanes) is 2. The highest BCUT2D eigenvalue weighted by Gasteiger charge is 2.03. The van der Waals surface area contributed by atoms with E-state index in [1.54, 1.807) is 6.20 Å². The average Bonchev–Trinajstić information content (AvgIpc) is 2.97. The zero-order chi connectivity index (χ0) is 13.3. The van der Waals surface area contributed by atoms with Crippen molar-refractivity contribution in [2.75, 3.05) is 6.54 Å². The Labute approximate surface area is 113 Å². The molecule has 1 heterocycles. The molecule has 0 saturated heterocycles. The van der Waals surface area contributed by atoms with Crippen LogP contribution in [0.15, 0.2) is 42.7 Å². The van der Waals surface area contributed by atoms with Gasteiger partial charge in [0.25, 0.3) is 0 Å². The Balaban J connectivity index is 1.89. The van der Waals surface area contributed by atoms with E-state index < -0.39 is 0 Å². The molecule has 0 aliphatic heterocycles. The van der Waals surface area contributed by atoms with E-state index in [2.05, 4.69) is 28.6 Å². The Morgan fingerprint density at radius 2 is 2.11 bits per heavy atom. The Kier molecular flexibility index (Phi) is 5.15. The number of hydrogen-bond acceptors (Lipinski definition) is 3. The van der Waals surface area contributed by atoms with Gasteiger partial charge in [0, 0.05) is 25.4 Å². The molecule has 1 aromatic heterocycles. The maximum atomic E-state index is 8.46. The summed E-state index contributed by atoms with van der Waals surface area (Å²) >= 11 is 0. The van der Waals surface area contributed by atoms with Gasteiger partial charge in [-0.15, -0.1) is 0 Å². The molecule has 0 aliphatic carbocycles. The Morgan fingerprint density at radius 1 is 1.21 bits per heavy atom. The minimum Gasteiger partial charge on any atom is -0.313 e. The Bertz CT molecular complexity index is 525. The molecule has 2 aromatic rings. The molecular weight excluding hydrogens is 236 g/mol. The number of hydrogen-bond donors (Lipinski definition) is 1. The number of nitriles is 1. The van der Waals surface area contributed by atoms with Crippen molar-refractivity contribution < 1.29 is 0 Å². The lowest BCUT2D eigenvalue weighted by molar-refractivity contribution is 0.626. The smallest absolute Gasteiger partial charge is 0.0690 e. The van der Waals surface area contributed by atoms with Crippen LogP contribution in [0.1, 0.15) is 24.8 Å². The lowest BCUT2D eigenvalue weighted by atomic mass is 10.1. The molecule has 0 saturated carbocycles. The second-order valence-corrected chi connectivity index (χ2v) is 4.37. The van der Waals surface area contributed by atoms with Crippen LogP contribution in [0.5, 0.6) is 0 Å². The summed E-state index contributed by atoms with van der Waals surface area (Å²) in [5, 5.41) is 16.1. The number of para-hydroxylation sites is 1. The van der Waals surface area contributed by atoms with E-state index in [-0.39, 0.29) is 0 Å². The molecule has 0 aliphatic rings. The number of benzene rings is 1. The van der Waals surface area contributed by atoms with Crippen molar-refractivity contribution in [3.05, 3.63) is 48.3 Å². The number of aromatic nitrogens is 2. The van der Waals surface area contributed by atoms with Gasteiger partial charge in [0.05, 0.1) is 11.8 Å². The first-order chi connectivity index (χ1) is 9.42. The third kappa shape index (κ3) is 3.94. The molecule has 1 aromatic carbocycles. The lowest BCUT2D eigenvalue weighted by Crippen LogP contribution is -2.16. The molecule has 1 N–H and O–H groups in total. The quantitative estimate of drug-likeness (QED) is 0.773. The van der Waals surface area contributed by atoms with Crippen LogP contribution in [0.25, 0.3) is 5.69 Å². The van der Waals surface area contributed by atoms with Gasteiger partial charge in [-0.2, -0.15) is 10.4 Å². The fourth-order valence-electron chi connectivity index (χ4n) is 1.97. The van der Waals surface area contributed by atoms with Crippen molar-refractivity contribution in [3.63, 3.8) is 0 Å². The molecular formula is C15H18N4. The molecule has 0 radical (unpaired) electrons. The fourth-order valence-corrected chi connectivity index (χ4v) is 1.97. The van der Waals surface area contributed by atoms with Crippen LogP contribution >= 0.6 is 0 Å². The second-order valence-electron chi connectivity index (χ2n) is 4.37. The van der Waals surface area contributed by atoms with Gasteiger partial charge in [-0.1, -0.05) is 18.2 Å². The van der Waals surface area contributed by atoms with Crippen LogP contribution in [-0.2, 0) is 6.54 Å². The van der Waals surface area contributed by atoms with Crippen molar-refractivity contribution >= 4 is 0 Å². The van der Waals surface area contributed by atoms with E-state index in [9.17, 15) is 0 Å². The molecule has 2 rings (SSSR count). The van der Waals surface area contributed by atoms with Gasteiger partial charge in [-0.25, -0.2) is 4.68 Å².